The van der Waals surface area contributed by atoms with E-state index in [4.69, 9.17) is 44.9 Å². The molecule has 0 bridgehead atoms. The molecule has 0 radical (unpaired) electrons. The second-order valence-corrected chi connectivity index (χ2v) is 4.28. The monoisotopic (exact) mass is 350 g/mol. The Balaban J connectivity index is 0.000000324. The van der Waals surface area contributed by atoms with Gasteiger partial charge in [-0.3, -0.25) is 0 Å². The van der Waals surface area contributed by atoms with Gasteiger partial charge in [0.25, 0.3) is 0 Å². The predicted octanol–water partition coefficient (Wildman–Crippen LogP) is 3.25. The first-order valence-electron chi connectivity index (χ1n) is 4.88. The van der Waals surface area contributed by atoms with Gasteiger partial charge in [-0.25, -0.2) is 0 Å². The van der Waals surface area contributed by atoms with Gasteiger partial charge in [0.2, 0.25) is 0 Å². The number of anilines is 2. The van der Waals surface area contributed by atoms with Gasteiger partial charge in [-0.2, -0.15) is 0 Å². The van der Waals surface area contributed by atoms with Crippen molar-refractivity contribution < 1.29 is 29.7 Å². The standard InChI is InChI=1S/2C6H6ClNO.Zn/c2*7-4-1-2-6(9)5(8)3-4;/h2*1-3,9H,8H2;. The molecule has 2 rings (SSSR count). The van der Waals surface area contributed by atoms with E-state index in [0.717, 1.165) is 0 Å². The molecule has 6 N–H and O–H groups in total. The summed E-state index contributed by atoms with van der Waals surface area (Å²) in [6.45, 7) is 0. The second kappa shape index (κ2) is 8.10. The van der Waals surface area contributed by atoms with Crippen molar-refractivity contribution >= 4 is 34.6 Å². The van der Waals surface area contributed by atoms with Crippen LogP contribution in [0.1, 0.15) is 0 Å². The average molecular weight is 353 g/mol. The molecule has 0 aliphatic heterocycles. The molecule has 2 aromatic rings. The molecule has 0 aromatic heterocycles. The van der Waals surface area contributed by atoms with Gasteiger partial charge in [0.05, 0.1) is 11.4 Å². The SMILES string of the molecule is Nc1cc(Cl)ccc1O.Nc1cc(Cl)ccc1O.[Zn]. The third-order valence-electron chi connectivity index (χ3n) is 1.98. The molecule has 0 saturated carbocycles. The maximum Gasteiger partial charge on any atom is 0.138 e. The molecule has 98 valence electrons. The summed E-state index contributed by atoms with van der Waals surface area (Å²) < 4.78 is 0. The predicted molar refractivity (Wildman–Crippen MR) is 75.1 cm³/mol. The maximum atomic E-state index is 8.86. The number of rotatable bonds is 0. The summed E-state index contributed by atoms with van der Waals surface area (Å²) in [6, 6.07) is 9.06. The third kappa shape index (κ3) is 6.01. The van der Waals surface area contributed by atoms with Crippen molar-refractivity contribution in [2.24, 2.45) is 0 Å². The Morgan fingerprint density at radius 1 is 0.737 bits per heavy atom. The number of halogens is 2. The molecule has 0 spiro atoms. The van der Waals surface area contributed by atoms with Crippen molar-refractivity contribution in [3.05, 3.63) is 46.4 Å². The molecule has 4 nitrogen and oxygen atoms in total. The molecule has 0 fully saturated rings. The molecular weight excluding hydrogens is 340 g/mol. The van der Waals surface area contributed by atoms with Crippen LogP contribution in [0.3, 0.4) is 0 Å². The molecule has 0 heterocycles. The molecule has 2 aromatic carbocycles. The Kier molecular flexibility index (Phi) is 7.61. The molecule has 0 unspecified atom stereocenters. The Bertz CT molecular complexity index is 504. The van der Waals surface area contributed by atoms with Crippen LogP contribution in [0.5, 0.6) is 11.5 Å². The smallest absolute Gasteiger partial charge is 0.138 e. The number of hydrogen-bond acceptors (Lipinski definition) is 4. The van der Waals surface area contributed by atoms with E-state index in [2.05, 4.69) is 0 Å². The Hall–Kier alpha value is -1.16. The van der Waals surface area contributed by atoms with E-state index in [-0.39, 0.29) is 31.0 Å². The molecule has 0 atom stereocenters. The van der Waals surface area contributed by atoms with Gasteiger partial charge in [0.1, 0.15) is 11.5 Å². The zero-order valence-electron chi connectivity index (χ0n) is 9.98. The molecule has 0 saturated heterocycles. The maximum absolute atomic E-state index is 8.86. The van der Waals surface area contributed by atoms with Crippen LogP contribution in [-0.4, -0.2) is 10.2 Å². The summed E-state index contributed by atoms with van der Waals surface area (Å²) in [5, 5.41) is 18.8. The van der Waals surface area contributed by atoms with Crippen molar-refractivity contribution in [3.8, 4) is 11.5 Å². The topological polar surface area (TPSA) is 92.5 Å². The van der Waals surface area contributed by atoms with E-state index in [1.165, 1.54) is 24.3 Å². The van der Waals surface area contributed by atoms with E-state index < -0.39 is 0 Å². The summed E-state index contributed by atoms with van der Waals surface area (Å²) in [7, 11) is 0. The van der Waals surface area contributed by atoms with Gasteiger partial charge in [0, 0.05) is 29.5 Å². The molecule has 7 heteroatoms. The number of aromatic hydroxyl groups is 2. The minimum Gasteiger partial charge on any atom is -0.506 e. The van der Waals surface area contributed by atoms with E-state index in [1.807, 2.05) is 0 Å². The van der Waals surface area contributed by atoms with E-state index in [1.54, 1.807) is 12.1 Å². The van der Waals surface area contributed by atoms with Crippen LogP contribution in [-0.2, 0) is 19.5 Å². The van der Waals surface area contributed by atoms with E-state index >= 15 is 0 Å². The number of nitrogen functional groups attached to an aromatic ring is 2. The zero-order chi connectivity index (χ0) is 13.7. The van der Waals surface area contributed by atoms with Crippen molar-refractivity contribution in [2.75, 3.05) is 11.5 Å². The van der Waals surface area contributed by atoms with Gasteiger partial charge in [-0.05, 0) is 36.4 Å². The van der Waals surface area contributed by atoms with Crippen molar-refractivity contribution in [1.29, 1.82) is 0 Å². The number of benzene rings is 2. The molecule has 0 amide bonds. The molecule has 0 aliphatic rings. The second-order valence-electron chi connectivity index (χ2n) is 3.41. The minimum atomic E-state index is 0. The summed E-state index contributed by atoms with van der Waals surface area (Å²) in [5.74, 6) is 0.138. The summed E-state index contributed by atoms with van der Waals surface area (Å²) in [4.78, 5) is 0. The zero-order valence-corrected chi connectivity index (χ0v) is 14.5. The van der Waals surface area contributed by atoms with Crippen LogP contribution in [0.2, 0.25) is 10.0 Å². The molecule has 19 heavy (non-hydrogen) atoms. The van der Waals surface area contributed by atoms with Crippen molar-refractivity contribution in [3.63, 3.8) is 0 Å². The van der Waals surface area contributed by atoms with Crippen LogP contribution in [0, 0.1) is 0 Å². The van der Waals surface area contributed by atoms with Crippen LogP contribution in [0.25, 0.3) is 0 Å². The van der Waals surface area contributed by atoms with E-state index in [0.29, 0.717) is 21.4 Å². The summed E-state index contributed by atoms with van der Waals surface area (Å²) >= 11 is 11.1. The van der Waals surface area contributed by atoms with Crippen molar-refractivity contribution in [2.45, 2.75) is 0 Å². The fraction of sp³-hybridized carbons (Fsp3) is 0. The number of phenols is 2. The normalized spacial score (nSPS) is 8.95. The van der Waals surface area contributed by atoms with Gasteiger partial charge >= 0.3 is 0 Å². The average Bonchev–Trinajstić information content (AvgIpc) is 2.30. The van der Waals surface area contributed by atoms with Crippen LogP contribution in [0.4, 0.5) is 11.4 Å². The van der Waals surface area contributed by atoms with Crippen LogP contribution >= 0.6 is 23.2 Å². The fourth-order valence-electron chi connectivity index (χ4n) is 1.05. The van der Waals surface area contributed by atoms with Gasteiger partial charge < -0.3 is 21.7 Å². The first kappa shape index (κ1) is 17.8. The van der Waals surface area contributed by atoms with E-state index in [9.17, 15) is 0 Å². The number of nitrogens with two attached hydrogens (primary N) is 2. The van der Waals surface area contributed by atoms with Gasteiger partial charge in [0.15, 0.2) is 0 Å². The quantitative estimate of drug-likeness (QED) is 0.333. The first-order valence-corrected chi connectivity index (χ1v) is 5.63. The molecular formula is C12H12Cl2N2O2Zn. The van der Waals surface area contributed by atoms with Crippen LogP contribution < -0.4 is 11.5 Å². The largest absolute Gasteiger partial charge is 0.506 e. The summed E-state index contributed by atoms with van der Waals surface area (Å²) in [6.07, 6.45) is 0. The minimum absolute atomic E-state index is 0. The van der Waals surface area contributed by atoms with Gasteiger partial charge in [-0.1, -0.05) is 23.2 Å². The summed E-state index contributed by atoms with van der Waals surface area (Å²) in [5.41, 5.74) is 11.2. The molecule has 0 aliphatic carbocycles. The number of hydrogen-bond donors (Lipinski definition) is 4. The Labute approximate surface area is 133 Å². The Morgan fingerprint density at radius 3 is 1.26 bits per heavy atom. The number of phenolic OH excluding ortho intramolecular Hbond substituents is 2. The first-order chi connectivity index (χ1) is 8.40. The van der Waals surface area contributed by atoms with Crippen LogP contribution in [0.15, 0.2) is 36.4 Å². The Morgan fingerprint density at radius 2 is 1.05 bits per heavy atom. The van der Waals surface area contributed by atoms with Crippen molar-refractivity contribution in [1.82, 2.24) is 0 Å². The van der Waals surface area contributed by atoms with Gasteiger partial charge in [-0.15, -0.1) is 0 Å². The fourth-order valence-corrected chi connectivity index (χ4v) is 1.41. The third-order valence-corrected chi connectivity index (χ3v) is 2.45.